The number of nitro groups is 1. The molecule has 0 fully saturated rings. The van der Waals surface area contributed by atoms with Gasteiger partial charge in [0.05, 0.1) is 35.3 Å². The van der Waals surface area contributed by atoms with Crippen LogP contribution < -0.4 is 5.32 Å². The maximum absolute atomic E-state index is 10.9. The molecule has 0 saturated carbocycles. The molecule has 0 aliphatic heterocycles. The van der Waals surface area contributed by atoms with Crippen molar-refractivity contribution < 1.29 is 15.1 Å². The fourth-order valence-corrected chi connectivity index (χ4v) is 1.31. The molecule has 7 nitrogen and oxygen atoms in total. The largest absolute Gasteiger partial charge is 0.394 e. The van der Waals surface area contributed by atoms with Gasteiger partial charge in [-0.3, -0.25) is 10.1 Å². The van der Waals surface area contributed by atoms with E-state index < -0.39 is 10.5 Å². The molecule has 0 bridgehead atoms. The molecule has 3 N–H and O–H groups in total. The third kappa shape index (κ3) is 2.94. The molecular weight excluding hydrogens is 238 g/mol. The van der Waals surface area contributed by atoms with Gasteiger partial charge in [0.15, 0.2) is 0 Å². The van der Waals surface area contributed by atoms with Crippen LogP contribution in [0.4, 0.5) is 11.4 Å². The molecule has 0 radical (unpaired) electrons. The van der Waals surface area contributed by atoms with Gasteiger partial charge in [-0.2, -0.15) is 5.26 Å². The van der Waals surface area contributed by atoms with Crippen LogP contribution in [-0.2, 0) is 0 Å². The van der Waals surface area contributed by atoms with Crippen molar-refractivity contribution in [3.8, 4) is 6.07 Å². The van der Waals surface area contributed by atoms with Crippen LogP contribution in [0.25, 0.3) is 0 Å². The fourth-order valence-electron chi connectivity index (χ4n) is 1.31. The summed E-state index contributed by atoms with van der Waals surface area (Å²) in [5, 5.41) is 40.5. The molecule has 0 atom stereocenters. The number of aliphatic hydroxyl groups excluding tert-OH is 2. The van der Waals surface area contributed by atoms with Gasteiger partial charge in [-0.15, -0.1) is 0 Å². The Hall–Kier alpha value is -2.17. The molecule has 0 amide bonds. The summed E-state index contributed by atoms with van der Waals surface area (Å²) in [6, 6.07) is 5.74. The number of hydrogen-bond donors (Lipinski definition) is 3. The molecule has 0 spiro atoms. The van der Waals surface area contributed by atoms with Gasteiger partial charge in [0.1, 0.15) is 5.69 Å². The third-order valence-corrected chi connectivity index (χ3v) is 2.46. The average molecular weight is 251 g/mol. The second-order valence-electron chi connectivity index (χ2n) is 4.10. The van der Waals surface area contributed by atoms with E-state index in [1.165, 1.54) is 19.1 Å². The van der Waals surface area contributed by atoms with Crippen LogP contribution in [0.1, 0.15) is 12.5 Å². The minimum absolute atomic E-state index is 0.143. The van der Waals surface area contributed by atoms with Crippen LogP contribution in [-0.4, -0.2) is 33.9 Å². The van der Waals surface area contributed by atoms with Crippen LogP contribution in [0.5, 0.6) is 0 Å². The van der Waals surface area contributed by atoms with Crippen molar-refractivity contribution in [2.45, 2.75) is 12.5 Å². The van der Waals surface area contributed by atoms with E-state index >= 15 is 0 Å². The Morgan fingerprint density at radius 2 is 2.11 bits per heavy atom. The fraction of sp³-hybridized carbons (Fsp3) is 0.364. The van der Waals surface area contributed by atoms with Crippen molar-refractivity contribution >= 4 is 11.4 Å². The van der Waals surface area contributed by atoms with E-state index in [1.54, 1.807) is 0 Å². The predicted octanol–water partition coefficient (Wildman–Crippen LogP) is 0.622. The number of anilines is 1. The van der Waals surface area contributed by atoms with Crippen molar-refractivity contribution in [3.05, 3.63) is 33.9 Å². The van der Waals surface area contributed by atoms with Gasteiger partial charge < -0.3 is 15.5 Å². The van der Waals surface area contributed by atoms with Crippen LogP contribution >= 0.6 is 0 Å². The number of nitrogens with zero attached hydrogens (tertiary/aromatic N) is 2. The van der Waals surface area contributed by atoms with Gasteiger partial charge in [0.25, 0.3) is 5.69 Å². The number of nitro benzene ring substituents is 1. The smallest absolute Gasteiger partial charge is 0.293 e. The summed E-state index contributed by atoms with van der Waals surface area (Å²) in [5.74, 6) is 0. The van der Waals surface area contributed by atoms with E-state index in [9.17, 15) is 10.1 Å². The molecule has 0 aliphatic rings. The zero-order valence-electron chi connectivity index (χ0n) is 9.75. The second-order valence-corrected chi connectivity index (χ2v) is 4.10. The lowest BCUT2D eigenvalue weighted by atomic mass is 10.0. The quantitative estimate of drug-likeness (QED) is 0.521. The normalized spacial score (nSPS) is 10.8. The topological polar surface area (TPSA) is 119 Å². The molecule has 0 aliphatic carbocycles. The van der Waals surface area contributed by atoms with E-state index in [1.807, 2.05) is 6.07 Å². The highest BCUT2D eigenvalue weighted by Gasteiger charge is 2.26. The molecule has 0 aromatic heterocycles. The van der Waals surface area contributed by atoms with Gasteiger partial charge in [-0.1, -0.05) is 0 Å². The van der Waals surface area contributed by atoms with Crippen molar-refractivity contribution in [1.29, 1.82) is 5.26 Å². The average Bonchev–Trinajstić information content (AvgIpc) is 2.38. The minimum Gasteiger partial charge on any atom is -0.394 e. The summed E-state index contributed by atoms with van der Waals surface area (Å²) >= 11 is 0. The maximum Gasteiger partial charge on any atom is 0.293 e. The Bertz CT molecular complexity index is 492. The molecule has 96 valence electrons. The van der Waals surface area contributed by atoms with E-state index in [2.05, 4.69) is 5.32 Å². The Balaban J connectivity index is 3.17. The number of aliphatic hydroxyl groups is 2. The first-order valence-electron chi connectivity index (χ1n) is 5.14. The summed E-state index contributed by atoms with van der Waals surface area (Å²) in [5.41, 5.74) is -1.03. The standard InChI is InChI=1S/C11H13N3O4/c1-11(6-15,7-16)13-9-3-2-8(5-12)4-10(9)14(17)18/h2-4,13,15-16H,6-7H2,1H3. The van der Waals surface area contributed by atoms with Crippen molar-refractivity contribution in [3.63, 3.8) is 0 Å². The zero-order chi connectivity index (χ0) is 13.8. The first kappa shape index (κ1) is 13.9. The predicted molar refractivity (Wildman–Crippen MR) is 64.0 cm³/mol. The summed E-state index contributed by atoms with van der Waals surface area (Å²) in [6.07, 6.45) is 0. The van der Waals surface area contributed by atoms with Crippen LogP contribution in [0.2, 0.25) is 0 Å². The molecule has 0 saturated heterocycles. The van der Waals surface area contributed by atoms with Crippen LogP contribution in [0.3, 0.4) is 0 Å². The van der Waals surface area contributed by atoms with Gasteiger partial charge >= 0.3 is 0 Å². The lowest BCUT2D eigenvalue weighted by Crippen LogP contribution is -2.42. The first-order valence-corrected chi connectivity index (χ1v) is 5.14. The highest BCUT2D eigenvalue weighted by molar-refractivity contribution is 5.65. The molecule has 0 heterocycles. The third-order valence-electron chi connectivity index (χ3n) is 2.46. The SMILES string of the molecule is CC(CO)(CO)Nc1ccc(C#N)cc1[N+](=O)[O-]. The Labute approximate surface area is 103 Å². The maximum atomic E-state index is 10.9. The van der Waals surface area contributed by atoms with Gasteiger partial charge in [-0.25, -0.2) is 0 Å². The van der Waals surface area contributed by atoms with E-state index in [0.717, 1.165) is 6.07 Å². The molecule has 0 unspecified atom stereocenters. The molecule has 1 rings (SSSR count). The number of nitriles is 1. The van der Waals surface area contributed by atoms with Crippen molar-refractivity contribution in [2.24, 2.45) is 0 Å². The Kier molecular flexibility index (Phi) is 4.20. The van der Waals surface area contributed by atoms with Gasteiger partial charge in [0.2, 0.25) is 0 Å². The molecule has 7 heteroatoms. The Morgan fingerprint density at radius 3 is 2.56 bits per heavy atom. The number of hydrogen-bond acceptors (Lipinski definition) is 6. The summed E-state index contributed by atoms with van der Waals surface area (Å²) in [7, 11) is 0. The minimum atomic E-state index is -1.07. The summed E-state index contributed by atoms with van der Waals surface area (Å²) < 4.78 is 0. The van der Waals surface area contributed by atoms with Crippen LogP contribution in [0.15, 0.2) is 18.2 Å². The molecule has 18 heavy (non-hydrogen) atoms. The lowest BCUT2D eigenvalue weighted by molar-refractivity contribution is -0.384. The van der Waals surface area contributed by atoms with Crippen molar-refractivity contribution in [1.82, 2.24) is 0 Å². The number of nitrogens with one attached hydrogen (secondary N) is 1. The molecule has 1 aromatic rings. The second kappa shape index (κ2) is 5.44. The van der Waals surface area contributed by atoms with E-state index in [0.29, 0.717) is 0 Å². The lowest BCUT2D eigenvalue weighted by Gasteiger charge is -2.27. The number of rotatable bonds is 5. The highest BCUT2D eigenvalue weighted by Crippen LogP contribution is 2.27. The van der Waals surface area contributed by atoms with E-state index in [-0.39, 0.29) is 30.2 Å². The van der Waals surface area contributed by atoms with Gasteiger partial charge in [-0.05, 0) is 19.1 Å². The highest BCUT2D eigenvalue weighted by atomic mass is 16.6. The monoisotopic (exact) mass is 251 g/mol. The molecular formula is C11H13N3O4. The molecule has 1 aromatic carbocycles. The Morgan fingerprint density at radius 1 is 1.50 bits per heavy atom. The first-order chi connectivity index (χ1) is 8.45. The van der Waals surface area contributed by atoms with Crippen molar-refractivity contribution in [2.75, 3.05) is 18.5 Å². The van der Waals surface area contributed by atoms with E-state index in [4.69, 9.17) is 15.5 Å². The van der Waals surface area contributed by atoms with Gasteiger partial charge in [0, 0.05) is 6.07 Å². The number of benzene rings is 1. The zero-order valence-corrected chi connectivity index (χ0v) is 9.75. The summed E-state index contributed by atoms with van der Waals surface area (Å²) in [6.45, 7) is 0.746. The van der Waals surface area contributed by atoms with Crippen LogP contribution in [0, 0.1) is 21.4 Å². The summed E-state index contributed by atoms with van der Waals surface area (Å²) in [4.78, 5) is 10.3.